The van der Waals surface area contributed by atoms with Gasteiger partial charge in [0.15, 0.2) is 0 Å². The molecule has 2 amide bonds. The number of rotatable bonds is 3. The monoisotopic (exact) mass is 214 g/mol. The Bertz CT molecular complexity index is 302. The van der Waals surface area contributed by atoms with Gasteiger partial charge < -0.3 is 21.6 Å². The zero-order chi connectivity index (χ0) is 11.4. The van der Waals surface area contributed by atoms with Crippen molar-refractivity contribution in [3.63, 3.8) is 0 Å². The molecular weight excluding hydrogens is 200 g/mol. The Morgan fingerprint density at radius 3 is 2.67 bits per heavy atom. The van der Waals surface area contributed by atoms with E-state index in [0.717, 1.165) is 6.42 Å². The second kappa shape index (κ2) is 4.63. The van der Waals surface area contributed by atoms with Crippen molar-refractivity contribution in [2.75, 3.05) is 6.54 Å². The molecule has 1 atom stereocenters. The topological polar surface area (TPSA) is 122 Å². The van der Waals surface area contributed by atoms with Crippen LogP contribution in [0.25, 0.3) is 0 Å². The fraction of sp³-hybridized carbons (Fsp3) is 0.625. The molecule has 1 saturated heterocycles. The average molecular weight is 214 g/mol. The summed E-state index contributed by atoms with van der Waals surface area (Å²) in [5.41, 5.74) is 10.3. The van der Waals surface area contributed by atoms with Crippen molar-refractivity contribution in [2.24, 2.45) is 16.6 Å². The molecule has 0 aromatic rings. The van der Waals surface area contributed by atoms with Gasteiger partial charge in [-0.2, -0.15) is 0 Å². The molecule has 1 unspecified atom stereocenters. The summed E-state index contributed by atoms with van der Waals surface area (Å²) in [5, 5.41) is 11.0. The predicted octanol–water partition coefficient (Wildman–Crippen LogP) is -1.40. The van der Waals surface area contributed by atoms with Gasteiger partial charge in [-0.05, 0) is 12.8 Å². The van der Waals surface area contributed by atoms with Crippen molar-refractivity contribution in [1.29, 1.82) is 0 Å². The molecule has 1 heterocycles. The van der Waals surface area contributed by atoms with E-state index in [-0.39, 0.29) is 18.2 Å². The highest BCUT2D eigenvalue weighted by Crippen LogP contribution is 2.17. The molecule has 1 aliphatic heterocycles. The fourth-order valence-corrected chi connectivity index (χ4v) is 1.65. The van der Waals surface area contributed by atoms with E-state index in [2.05, 4.69) is 5.16 Å². The molecule has 1 aliphatic rings. The summed E-state index contributed by atoms with van der Waals surface area (Å²) in [6.45, 7) is 0.491. The SMILES string of the molecule is NC(=O)C1CCCN1C(=O)C/C(N)=N/O. The van der Waals surface area contributed by atoms with Gasteiger partial charge in [0.25, 0.3) is 0 Å². The lowest BCUT2D eigenvalue weighted by Crippen LogP contribution is -2.44. The van der Waals surface area contributed by atoms with Crippen LogP contribution in [-0.4, -0.2) is 40.3 Å². The largest absolute Gasteiger partial charge is 0.409 e. The Morgan fingerprint density at radius 1 is 1.47 bits per heavy atom. The number of carbonyl (C=O) groups is 2. The number of oxime groups is 1. The molecular formula is C8H14N4O3. The number of amides is 2. The number of likely N-dealkylation sites (tertiary alicyclic amines) is 1. The van der Waals surface area contributed by atoms with E-state index >= 15 is 0 Å². The van der Waals surface area contributed by atoms with Crippen molar-refractivity contribution in [3.05, 3.63) is 0 Å². The lowest BCUT2D eigenvalue weighted by molar-refractivity contribution is -0.136. The first kappa shape index (κ1) is 11.3. The lowest BCUT2D eigenvalue weighted by Gasteiger charge is -2.21. The van der Waals surface area contributed by atoms with Gasteiger partial charge in [0.1, 0.15) is 11.9 Å². The first-order chi connectivity index (χ1) is 7.06. The smallest absolute Gasteiger partial charge is 0.240 e. The van der Waals surface area contributed by atoms with E-state index in [1.54, 1.807) is 0 Å². The number of nitrogens with two attached hydrogens (primary N) is 2. The van der Waals surface area contributed by atoms with Gasteiger partial charge >= 0.3 is 0 Å². The molecule has 1 fully saturated rings. The van der Waals surface area contributed by atoms with E-state index in [4.69, 9.17) is 16.7 Å². The molecule has 1 rings (SSSR count). The number of hydrogen-bond acceptors (Lipinski definition) is 4. The normalized spacial score (nSPS) is 21.7. The standard InChI is InChI=1S/C8H14N4O3/c9-6(11-15)4-7(13)12-3-1-2-5(12)8(10)14/h5,15H,1-4H2,(H2,9,11)(H2,10,14). The quantitative estimate of drug-likeness (QED) is 0.231. The molecule has 0 bridgehead atoms. The minimum absolute atomic E-state index is 0.171. The number of nitrogens with zero attached hydrogens (tertiary/aromatic N) is 2. The van der Waals surface area contributed by atoms with Crippen molar-refractivity contribution < 1.29 is 14.8 Å². The maximum atomic E-state index is 11.6. The first-order valence-corrected chi connectivity index (χ1v) is 4.61. The molecule has 0 aliphatic carbocycles. The summed E-state index contributed by atoms with van der Waals surface area (Å²) in [6, 6.07) is -0.552. The number of carbonyl (C=O) groups excluding carboxylic acids is 2. The summed E-state index contributed by atoms with van der Waals surface area (Å²) >= 11 is 0. The molecule has 0 aromatic heterocycles. The first-order valence-electron chi connectivity index (χ1n) is 4.61. The highest BCUT2D eigenvalue weighted by molar-refractivity contribution is 6.00. The van der Waals surface area contributed by atoms with Crippen molar-refractivity contribution in [2.45, 2.75) is 25.3 Å². The van der Waals surface area contributed by atoms with Crippen molar-refractivity contribution in [1.82, 2.24) is 4.90 Å². The highest BCUT2D eigenvalue weighted by atomic mass is 16.4. The summed E-state index contributed by atoms with van der Waals surface area (Å²) in [5.74, 6) is -1.03. The molecule has 0 aromatic carbocycles. The van der Waals surface area contributed by atoms with Crippen LogP contribution >= 0.6 is 0 Å². The van der Waals surface area contributed by atoms with E-state index in [1.807, 2.05) is 0 Å². The molecule has 15 heavy (non-hydrogen) atoms. The van der Waals surface area contributed by atoms with Gasteiger partial charge in [-0.25, -0.2) is 0 Å². The summed E-state index contributed by atoms with van der Waals surface area (Å²) in [6.07, 6.45) is 1.13. The Kier molecular flexibility index (Phi) is 3.48. The zero-order valence-corrected chi connectivity index (χ0v) is 8.22. The van der Waals surface area contributed by atoms with Gasteiger partial charge in [-0.3, -0.25) is 9.59 Å². The van der Waals surface area contributed by atoms with E-state index in [9.17, 15) is 9.59 Å². The lowest BCUT2D eigenvalue weighted by atomic mass is 10.2. The van der Waals surface area contributed by atoms with Crippen LogP contribution in [0.2, 0.25) is 0 Å². The third-order valence-corrected chi connectivity index (χ3v) is 2.36. The van der Waals surface area contributed by atoms with Crippen molar-refractivity contribution in [3.8, 4) is 0 Å². The van der Waals surface area contributed by atoms with Crippen LogP contribution in [0.4, 0.5) is 0 Å². The molecule has 0 spiro atoms. The maximum absolute atomic E-state index is 11.6. The number of primary amides is 1. The van der Waals surface area contributed by atoms with Crippen LogP contribution in [0.1, 0.15) is 19.3 Å². The Hall–Kier alpha value is -1.79. The Balaban J connectivity index is 2.63. The second-order valence-electron chi connectivity index (χ2n) is 3.42. The van der Waals surface area contributed by atoms with Crippen LogP contribution < -0.4 is 11.5 Å². The van der Waals surface area contributed by atoms with E-state index in [0.29, 0.717) is 13.0 Å². The number of hydrogen-bond donors (Lipinski definition) is 3. The minimum atomic E-state index is -0.552. The van der Waals surface area contributed by atoms with Crippen LogP contribution in [0.5, 0.6) is 0 Å². The molecule has 0 saturated carbocycles. The van der Waals surface area contributed by atoms with Crippen LogP contribution in [0.3, 0.4) is 0 Å². The number of amidine groups is 1. The third kappa shape index (κ3) is 2.58. The summed E-state index contributed by atoms with van der Waals surface area (Å²) in [4.78, 5) is 23.9. The van der Waals surface area contributed by atoms with Gasteiger partial charge in [0.2, 0.25) is 11.8 Å². The maximum Gasteiger partial charge on any atom is 0.240 e. The molecule has 7 nitrogen and oxygen atoms in total. The van der Waals surface area contributed by atoms with Crippen molar-refractivity contribution >= 4 is 17.6 Å². The summed E-state index contributed by atoms with van der Waals surface area (Å²) < 4.78 is 0. The van der Waals surface area contributed by atoms with Gasteiger partial charge in [-0.15, -0.1) is 0 Å². The summed E-state index contributed by atoms with van der Waals surface area (Å²) in [7, 11) is 0. The van der Waals surface area contributed by atoms with E-state index < -0.39 is 11.9 Å². The molecule has 5 N–H and O–H groups in total. The average Bonchev–Trinajstić information content (AvgIpc) is 2.65. The third-order valence-electron chi connectivity index (χ3n) is 2.36. The highest BCUT2D eigenvalue weighted by Gasteiger charge is 2.32. The molecule has 0 radical (unpaired) electrons. The Morgan fingerprint density at radius 2 is 2.13 bits per heavy atom. The van der Waals surface area contributed by atoms with Crippen LogP contribution in [0.15, 0.2) is 5.16 Å². The minimum Gasteiger partial charge on any atom is -0.409 e. The van der Waals surface area contributed by atoms with Gasteiger partial charge in [-0.1, -0.05) is 5.16 Å². The van der Waals surface area contributed by atoms with Gasteiger partial charge in [0, 0.05) is 6.54 Å². The van der Waals surface area contributed by atoms with Crippen LogP contribution in [0, 0.1) is 0 Å². The zero-order valence-electron chi connectivity index (χ0n) is 8.22. The predicted molar refractivity (Wildman–Crippen MR) is 52.0 cm³/mol. The fourth-order valence-electron chi connectivity index (χ4n) is 1.65. The Labute approximate surface area is 86.7 Å². The molecule has 84 valence electrons. The van der Waals surface area contributed by atoms with E-state index in [1.165, 1.54) is 4.90 Å². The van der Waals surface area contributed by atoms with Gasteiger partial charge in [0.05, 0.1) is 6.42 Å². The van der Waals surface area contributed by atoms with Crippen LogP contribution in [-0.2, 0) is 9.59 Å². The second-order valence-corrected chi connectivity index (χ2v) is 3.42. The molecule has 7 heteroatoms.